The highest BCUT2D eigenvalue weighted by Crippen LogP contribution is 2.24. The molecule has 2 aromatic carbocycles. The number of alkyl halides is 3. The van der Waals surface area contributed by atoms with Gasteiger partial charge in [0.2, 0.25) is 0 Å². The number of halogens is 4. The lowest BCUT2D eigenvalue weighted by Gasteiger charge is -2.39. The number of carbonyl (C=O) groups is 2. The van der Waals surface area contributed by atoms with Gasteiger partial charge in [0.15, 0.2) is 16.2 Å². The molecule has 2 aromatic rings. The predicted molar refractivity (Wildman–Crippen MR) is 125 cm³/mol. The van der Waals surface area contributed by atoms with Gasteiger partial charge < -0.3 is 10.0 Å². The quantitative estimate of drug-likeness (QED) is 0.353. The number of hydrazine groups is 1. The Balaban J connectivity index is 1.73. The van der Waals surface area contributed by atoms with E-state index < -0.39 is 34.2 Å². The first-order chi connectivity index (χ1) is 16.4. The van der Waals surface area contributed by atoms with Gasteiger partial charge in [0.05, 0.1) is 11.5 Å². The van der Waals surface area contributed by atoms with E-state index in [4.69, 9.17) is 0 Å². The summed E-state index contributed by atoms with van der Waals surface area (Å²) in [5.41, 5.74) is 4.31. The van der Waals surface area contributed by atoms with Crippen LogP contribution in [0, 0.1) is 0 Å². The molecule has 0 saturated carbocycles. The van der Waals surface area contributed by atoms with Gasteiger partial charge in [-0.3, -0.25) is 25.3 Å². The van der Waals surface area contributed by atoms with Crippen LogP contribution in [0.4, 0.5) is 18.9 Å². The number of anilines is 1. The summed E-state index contributed by atoms with van der Waals surface area (Å²) < 4.78 is 61.1. The van der Waals surface area contributed by atoms with E-state index in [1.807, 2.05) is 0 Å². The third kappa shape index (κ3) is 7.40. The SMILES string of the molecule is O=C(NNC(=O)C(F)(F)F)c1ccc(CN(c2ccc(Br)cc2)C(O)N2CCS(=O)(=O)CC2)cc1. The minimum absolute atomic E-state index is 0.00759. The van der Waals surface area contributed by atoms with Crippen LogP contribution < -0.4 is 15.8 Å². The standard InChI is InChI=1S/C21H22BrF3N4O5S/c22-16-5-7-17(8-6-16)29(20(32)28-9-11-35(33,34)12-10-28)13-14-1-3-15(4-2-14)18(30)26-27-19(31)21(23,24)25/h1-8,20,32H,9-13H2,(H,26,30)(H,27,31). The lowest BCUT2D eigenvalue weighted by molar-refractivity contribution is -0.174. The summed E-state index contributed by atoms with van der Waals surface area (Å²) in [5, 5.41) is 11.1. The van der Waals surface area contributed by atoms with E-state index >= 15 is 0 Å². The van der Waals surface area contributed by atoms with E-state index in [9.17, 15) is 36.3 Å². The summed E-state index contributed by atoms with van der Waals surface area (Å²) in [6, 6.07) is 13.0. The van der Waals surface area contributed by atoms with E-state index in [0.29, 0.717) is 11.3 Å². The highest BCUT2D eigenvalue weighted by atomic mass is 79.9. The van der Waals surface area contributed by atoms with E-state index in [0.717, 1.165) is 4.47 Å². The Kier molecular flexibility index (Phi) is 8.41. The molecule has 1 unspecified atom stereocenters. The van der Waals surface area contributed by atoms with Gasteiger partial charge in [0, 0.05) is 35.4 Å². The van der Waals surface area contributed by atoms with Crippen LogP contribution in [-0.2, 0) is 21.2 Å². The summed E-state index contributed by atoms with van der Waals surface area (Å²) >= 11 is 3.36. The van der Waals surface area contributed by atoms with Crippen LogP contribution in [0.25, 0.3) is 0 Å². The lowest BCUT2D eigenvalue weighted by atomic mass is 10.1. The van der Waals surface area contributed by atoms with Crippen LogP contribution in [0.1, 0.15) is 15.9 Å². The maximum absolute atomic E-state index is 12.3. The molecular weight excluding hydrogens is 557 g/mol. The molecule has 0 radical (unpaired) electrons. The van der Waals surface area contributed by atoms with Crippen molar-refractivity contribution in [3.63, 3.8) is 0 Å². The molecule has 190 valence electrons. The number of rotatable bonds is 6. The Morgan fingerprint density at radius 1 is 1.03 bits per heavy atom. The molecule has 35 heavy (non-hydrogen) atoms. The first-order valence-electron chi connectivity index (χ1n) is 10.3. The molecule has 1 atom stereocenters. The van der Waals surface area contributed by atoms with E-state index in [1.54, 1.807) is 51.6 Å². The van der Waals surface area contributed by atoms with Crippen molar-refractivity contribution in [1.82, 2.24) is 15.8 Å². The number of benzene rings is 2. The van der Waals surface area contributed by atoms with Gasteiger partial charge in [-0.25, -0.2) is 8.42 Å². The molecule has 1 saturated heterocycles. The van der Waals surface area contributed by atoms with Crippen molar-refractivity contribution in [2.24, 2.45) is 0 Å². The number of amides is 2. The molecule has 14 heteroatoms. The molecule has 2 amide bonds. The molecule has 0 spiro atoms. The molecule has 0 aromatic heterocycles. The first-order valence-corrected chi connectivity index (χ1v) is 12.9. The Morgan fingerprint density at radius 3 is 2.14 bits per heavy atom. The van der Waals surface area contributed by atoms with E-state index in [2.05, 4.69) is 15.9 Å². The second-order valence-corrected chi connectivity index (χ2v) is 11.0. The average molecular weight is 579 g/mol. The van der Waals surface area contributed by atoms with Crippen LogP contribution in [0.2, 0.25) is 0 Å². The lowest BCUT2D eigenvalue weighted by Crippen LogP contribution is -2.53. The Bertz CT molecular complexity index is 1150. The number of carbonyl (C=O) groups excluding carboxylic acids is 2. The van der Waals surface area contributed by atoms with Crippen LogP contribution in [0.15, 0.2) is 53.0 Å². The summed E-state index contributed by atoms with van der Waals surface area (Å²) in [6.07, 6.45) is -6.26. The van der Waals surface area contributed by atoms with Crippen LogP contribution in [-0.4, -0.2) is 67.4 Å². The fourth-order valence-corrected chi connectivity index (χ4v) is 4.80. The minimum Gasteiger partial charge on any atom is -0.361 e. The fourth-order valence-electron chi connectivity index (χ4n) is 3.31. The summed E-state index contributed by atoms with van der Waals surface area (Å²) in [7, 11) is -3.14. The molecule has 1 heterocycles. The zero-order valence-corrected chi connectivity index (χ0v) is 20.5. The molecule has 0 bridgehead atoms. The molecule has 1 aliphatic heterocycles. The second-order valence-electron chi connectivity index (χ2n) is 7.74. The molecule has 9 nitrogen and oxygen atoms in total. The molecule has 1 fully saturated rings. The maximum Gasteiger partial charge on any atom is 0.472 e. The zero-order valence-electron chi connectivity index (χ0n) is 18.1. The Morgan fingerprint density at radius 2 is 1.60 bits per heavy atom. The predicted octanol–water partition coefficient (Wildman–Crippen LogP) is 1.79. The number of hydrogen-bond donors (Lipinski definition) is 3. The van der Waals surface area contributed by atoms with E-state index in [-0.39, 0.29) is 36.7 Å². The Hall–Kier alpha value is -2.68. The third-order valence-corrected chi connectivity index (χ3v) is 7.40. The van der Waals surface area contributed by atoms with Crippen molar-refractivity contribution in [3.8, 4) is 0 Å². The maximum atomic E-state index is 12.3. The largest absolute Gasteiger partial charge is 0.472 e. The molecule has 1 aliphatic rings. The number of sulfone groups is 1. The fraction of sp³-hybridized carbons (Fsp3) is 0.333. The summed E-state index contributed by atoms with van der Waals surface area (Å²) in [6.45, 7) is 0.511. The summed E-state index contributed by atoms with van der Waals surface area (Å²) in [4.78, 5) is 26.2. The third-order valence-electron chi connectivity index (χ3n) is 5.26. The second kappa shape index (κ2) is 10.9. The van der Waals surface area contributed by atoms with Crippen LogP contribution in [0.5, 0.6) is 0 Å². The van der Waals surface area contributed by atoms with Gasteiger partial charge in [-0.2, -0.15) is 13.2 Å². The van der Waals surface area contributed by atoms with Crippen molar-refractivity contribution < 1.29 is 36.3 Å². The topological polar surface area (TPSA) is 119 Å². The highest BCUT2D eigenvalue weighted by Gasteiger charge is 2.39. The van der Waals surface area contributed by atoms with Gasteiger partial charge in [-0.1, -0.05) is 28.1 Å². The molecule has 3 rings (SSSR count). The number of aliphatic hydroxyl groups excluding tert-OH is 1. The highest BCUT2D eigenvalue weighted by molar-refractivity contribution is 9.10. The van der Waals surface area contributed by atoms with Crippen molar-refractivity contribution in [2.45, 2.75) is 19.1 Å². The van der Waals surface area contributed by atoms with Gasteiger partial charge >= 0.3 is 12.1 Å². The van der Waals surface area contributed by atoms with Crippen LogP contribution in [0.3, 0.4) is 0 Å². The number of hydrogen-bond acceptors (Lipinski definition) is 7. The smallest absolute Gasteiger partial charge is 0.361 e. The number of nitrogens with zero attached hydrogens (tertiary/aromatic N) is 2. The van der Waals surface area contributed by atoms with Crippen LogP contribution >= 0.6 is 15.9 Å². The average Bonchev–Trinajstić information content (AvgIpc) is 2.81. The first kappa shape index (κ1) is 26.9. The van der Waals surface area contributed by atoms with E-state index in [1.165, 1.54) is 17.6 Å². The van der Waals surface area contributed by atoms with Crippen molar-refractivity contribution in [1.29, 1.82) is 0 Å². The van der Waals surface area contributed by atoms with Gasteiger partial charge in [0.25, 0.3) is 5.91 Å². The number of nitrogens with one attached hydrogen (secondary N) is 2. The minimum atomic E-state index is -5.13. The van der Waals surface area contributed by atoms with Crippen molar-refractivity contribution in [3.05, 3.63) is 64.1 Å². The Labute approximate surface area is 207 Å². The van der Waals surface area contributed by atoms with Gasteiger partial charge in [-0.15, -0.1) is 0 Å². The van der Waals surface area contributed by atoms with Gasteiger partial charge in [-0.05, 0) is 42.0 Å². The zero-order chi connectivity index (χ0) is 25.8. The van der Waals surface area contributed by atoms with Crippen molar-refractivity contribution >= 4 is 43.3 Å². The van der Waals surface area contributed by atoms with Gasteiger partial charge in [0.1, 0.15) is 0 Å². The molecule has 3 N–H and O–H groups in total. The molecule has 0 aliphatic carbocycles. The normalized spacial score (nSPS) is 16.8. The summed E-state index contributed by atoms with van der Waals surface area (Å²) in [5.74, 6) is -3.36. The molecular formula is C21H22BrF3N4O5S. The number of aliphatic hydroxyl groups is 1. The van der Waals surface area contributed by atoms with Crippen molar-refractivity contribution in [2.75, 3.05) is 29.5 Å². The monoisotopic (exact) mass is 578 g/mol.